The molecule has 1 fully saturated rings. The average Bonchev–Trinajstić information content (AvgIpc) is 3.55. The number of aliphatic carboxylic acids is 1. The van der Waals surface area contributed by atoms with E-state index in [1.54, 1.807) is 0 Å². The number of carbonyl (C=O) groups excluding carboxylic acids is 4. The molecule has 210 valence electrons. The van der Waals surface area contributed by atoms with Crippen molar-refractivity contribution in [3.63, 3.8) is 0 Å². The second-order valence-corrected chi connectivity index (χ2v) is 8.99. The zero-order valence-electron chi connectivity index (χ0n) is 21.0. The summed E-state index contributed by atoms with van der Waals surface area (Å²) in [6, 6.07) is -4.29. The summed E-state index contributed by atoms with van der Waals surface area (Å²) in [4.78, 5) is 73.8. The van der Waals surface area contributed by atoms with Crippen LogP contribution in [0.5, 0.6) is 0 Å². The topological polar surface area (TPSA) is 278 Å². The lowest BCUT2D eigenvalue weighted by Crippen LogP contribution is -2.57. The van der Waals surface area contributed by atoms with Crippen molar-refractivity contribution < 1.29 is 29.1 Å². The molecular formula is C22H36N10O6. The summed E-state index contributed by atoms with van der Waals surface area (Å²) in [6.07, 6.45) is 4.09. The zero-order valence-corrected chi connectivity index (χ0v) is 21.0. The Hall–Kier alpha value is -4.21. The Morgan fingerprint density at radius 3 is 2.50 bits per heavy atom. The summed E-state index contributed by atoms with van der Waals surface area (Å²) < 4.78 is 0. The van der Waals surface area contributed by atoms with Crippen LogP contribution in [0.2, 0.25) is 0 Å². The Morgan fingerprint density at radius 2 is 1.89 bits per heavy atom. The van der Waals surface area contributed by atoms with Gasteiger partial charge in [0, 0.05) is 37.8 Å². The molecule has 0 aromatic carbocycles. The lowest BCUT2D eigenvalue weighted by Gasteiger charge is -2.28. The van der Waals surface area contributed by atoms with Crippen LogP contribution >= 0.6 is 0 Å². The smallest absolute Gasteiger partial charge is 0.326 e. The zero-order chi connectivity index (χ0) is 28.2. The van der Waals surface area contributed by atoms with Gasteiger partial charge in [0.2, 0.25) is 23.6 Å². The molecule has 4 unspecified atom stereocenters. The summed E-state index contributed by atoms with van der Waals surface area (Å²) in [5.41, 5.74) is 22.2. The Labute approximate surface area is 219 Å². The number of carboxylic acids is 1. The van der Waals surface area contributed by atoms with Gasteiger partial charge in [0.25, 0.3) is 0 Å². The van der Waals surface area contributed by atoms with Gasteiger partial charge in [0.1, 0.15) is 18.1 Å². The standard InChI is InChI=1S/C22H36N10O6/c23-13(3-1-7-28-22(25)26)20(36)32-8-2-4-16(32)19(35)31-15(9-12-10-27-11-29-12)18(34)30-14(21(37)38)5-6-17(24)33/h10-11,13-16H,1-9,23H2,(H2,24,33)(H,27,29)(H,30,34)(H,31,35)(H,37,38)(H4,25,26,28). The van der Waals surface area contributed by atoms with Gasteiger partial charge in [0.15, 0.2) is 5.96 Å². The van der Waals surface area contributed by atoms with Crippen LogP contribution in [-0.2, 0) is 30.4 Å². The van der Waals surface area contributed by atoms with Crippen molar-refractivity contribution in [1.82, 2.24) is 25.5 Å². The van der Waals surface area contributed by atoms with Crippen molar-refractivity contribution in [2.75, 3.05) is 13.1 Å². The fraction of sp³-hybridized carbons (Fsp3) is 0.591. The number of H-pyrrole nitrogens is 1. The molecule has 1 aliphatic heterocycles. The first-order chi connectivity index (χ1) is 18.0. The molecule has 12 N–H and O–H groups in total. The van der Waals surface area contributed by atoms with Crippen LogP contribution < -0.4 is 33.6 Å². The van der Waals surface area contributed by atoms with Crippen LogP contribution in [0.15, 0.2) is 17.5 Å². The third kappa shape index (κ3) is 9.34. The molecular weight excluding hydrogens is 500 g/mol. The van der Waals surface area contributed by atoms with Crippen LogP contribution in [0.1, 0.15) is 44.2 Å². The first-order valence-corrected chi connectivity index (χ1v) is 12.2. The van der Waals surface area contributed by atoms with Crippen LogP contribution in [0.4, 0.5) is 0 Å². The monoisotopic (exact) mass is 536 g/mol. The summed E-state index contributed by atoms with van der Waals surface area (Å²) in [5.74, 6) is -3.89. The van der Waals surface area contributed by atoms with E-state index in [1.807, 2.05) is 0 Å². The Morgan fingerprint density at radius 1 is 1.16 bits per heavy atom. The maximum atomic E-state index is 13.2. The van der Waals surface area contributed by atoms with Gasteiger partial charge in [-0.05, 0) is 32.1 Å². The van der Waals surface area contributed by atoms with E-state index in [9.17, 15) is 29.1 Å². The Kier molecular flexibility index (Phi) is 11.5. The highest BCUT2D eigenvalue weighted by atomic mass is 16.4. The number of hydrogen-bond acceptors (Lipinski definition) is 8. The van der Waals surface area contributed by atoms with E-state index in [1.165, 1.54) is 17.4 Å². The summed E-state index contributed by atoms with van der Waals surface area (Å²) >= 11 is 0. The number of guanidine groups is 1. The molecule has 1 aromatic rings. The minimum atomic E-state index is -1.39. The minimum Gasteiger partial charge on any atom is -0.480 e. The van der Waals surface area contributed by atoms with Crippen LogP contribution in [0.3, 0.4) is 0 Å². The molecule has 0 spiro atoms. The lowest BCUT2D eigenvalue weighted by molar-refractivity contribution is -0.143. The van der Waals surface area contributed by atoms with E-state index < -0.39 is 53.8 Å². The number of carboxylic acid groups (broad SMARTS) is 1. The second-order valence-electron chi connectivity index (χ2n) is 8.99. The van der Waals surface area contributed by atoms with E-state index in [2.05, 4.69) is 25.6 Å². The second kappa shape index (κ2) is 14.5. The maximum absolute atomic E-state index is 13.2. The van der Waals surface area contributed by atoms with Gasteiger partial charge in [-0.3, -0.25) is 24.2 Å². The largest absolute Gasteiger partial charge is 0.480 e. The van der Waals surface area contributed by atoms with Gasteiger partial charge in [-0.25, -0.2) is 9.78 Å². The first kappa shape index (κ1) is 30.0. The van der Waals surface area contributed by atoms with E-state index in [-0.39, 0.29) is 25.2 Å². The van der Waals surface area contributed by atoms with Crippen molar-refractivity contribution in [2.24, 2.45) is 27.9 Å². The predicted octanol–water partition coefficient (Wildman–Crippen LogP) is -3.36. The third-order valence-electron chi connectivity index (χ3n) is 6.03. The number of imidazole rings is 1. The molecule has 1 saturated heterocycles. The molecule has 0 aliphatic carbocycles. The molecule has 16 heteroatoms. The first-order valence-electron chi connectivity index (χ1n) is 12.2. The van der Waals surface area contributed by atoms with E-state index in [4.69, 9.17) is 22.9 Å². The van der Waals surface area contributed by atoms with Gasteiger partial charge < -0.3 is 48.6 Å². The number of nitrogens with two attached hydrogens (primary N) is 4. The molecule has 1 aliphatic rings. The molecule has 2 rings (SSSR count). The van der Waals surface area contributed by atoms with Crippen molar-refractivity contribution >= 4 is 35.6 Å². The number of aromatic amines is 1. The van der Waals surface area contributed by atoms with E-state index in [0.717, 1.165) is 0 Å². The number of nitrogens with one attached hydrogen (secondary N) is 3. The Balaban J connectivity index is 2.09. The summed E-state index contributed by atoms with van der Waals surface area (Å²) in [5, 5.41) is 14.4. The highest BCUT2D eigenvalue weighted by molar-refractivity contribution is 5.94. The van der Waals surface area contributed by atoms with Gasteiger partial charge in [-0.1, -0.05) is 0 Å². The summed E-state index contributed by atoms with van der Waals surface area (Å²) in [7, 11) is 0. The molecule has 2 heterocycles. The van der Waals surface area contributed by atoms with E-state index in [0.29, 0.717) is 44.5 Å². The van der Waals surface area contributed by atoms with Gasteiger partial charge >= 0.3 is 5.97 Å². The SMILES string of the molecule is NC(=O)CCC(NC(=O)C(Cc1cnc[nH]1)NC(=O)C1CCCN1C(=O)C(N)CCCN=C(N)N)C(=O)O. The number of hydrogen-bond donors (Lipinski definition) is 8. The molecule has 1 aromatic heterocycles. The van der Waals surface area contributed by atoms with Crippen LogP contribution in [0.25, 0.3) is 0 Å². The number of aromatic nitrogens is 2. The average molecular weight is 537 g/mol. The van der Waals surface area contributed by atoms with Gasteiger partial charge in [0.05, 0.1) is 12.4 Å². The quantitative estimate of drug-likeness (QED) is 0.0626. The number of carbonyl (C=O) groups is 5. The normalized spacial score (nSPS) is 17.2. The number of amides is 4. The fourth-order valence-corrected chi connectivity index (χ4v) is 4.07. The molecule has 4 atom stereocenters. The summed E-state index contributed by atoms with van der Waals surface area (Å²) in [6.45, 7) is 0.637. The fourth-order valence-electron chi connectivity index (χ4n) is 4.07. The van der Waals surface area contributed by atoms with Crippen molar-refractivity contribution in [2.45, 2.75) is 69.1 Å². The number of aliphatic imine (C=N–C) groups is 1. The van der Waals surface area contributed by atoms with Crippen LogP contribution in [-0.4, -0.2) is 92.8 Å². The maximum Gasteiger partial charge on any atom is 0.326 e. The predicted molar refractivity (Wildman–Crippen MR) is 135 cm³/mol. The number of likely N-dealkylation sites (tertiary alicyclic amines) is 1. The molecule has 0 radical (unpaired) electrons. The molecule has 4 amide bonds. The van der Waals surface area contributed by atoms with Crippen LogP contribution in [0, 0.1) is 0 Å². The minimum absolute atomic E-state index is 0.0231. The third-order valence-corrected chi connectivity index (χ3v) is 6.03. The highest BCUT2D eigenvalue weighted by Gasteiger charge is 2.38. The van der Waals surface area contributed by atoms with Crippen molar-refractivity contribution in [3.8, 4) is 0 Å². The Bertz CT molecular complexity index is 1010. The van der Waals surface area contributed by atoms with Gasteiger partial charge in [-0.15, -0.1) is 0 Å². The molecule has 16 nitrogen and oxygen atoms in total. The van der Waals surface area contributed by atoms with Crippen molar-refractivity contribution in [1.29, 1.82) is 0 Å². The number of rotatable bonds is 15. The molecule has 38 heavy (non-hydrogen) atoms. The molecule has 0 saturated carbocycles. The lowest BCUT2D eigenvalue weighted by atomic mass is 10.1. The van der Waals surface area contributed by atoms with E-state index >= 15 is 0 Å². The number of primary amides is 1. The van der Waals surface area contributed by atoms with Crippen molar-refractivity contribution in [3.05, 3.63) is 18.2 Å². The highest BCUT2D eigenvalue weighted by Crippen LogP contribution is 2.19. The molecule has 0 bridgehead atoms. The number of nitrogens with zero attached hydrogens (tertiary/aromatic N) is 3. The van der Waals surface area contributed by atoms with Gasteiger partial charge in [-0.2, -0.15) is 0 Å².